The van der Waals surface area contributed by atoms with Crippen LogP contribution in [-0.2, 0) is 17.9 Å². The molecule has 2 atom stereocenters. The molecule has 126 valence electrons. The summed E-state index contributed by atoms with van der Waals surface area (Å²) in [5, 5.41) is 6.32. The minimum atomic E-state index is -0.0331. The average molecular weight is 334 g/mol. The van der Waals surface area contributed by atoms with Crippen molar-refractivity contribution in [3.05, 3.63) is 35.4 Å². The fourth-order valence-corrected chi connectivity index (χ4v) is 4.31. The van der Waals surface area contributed by atoms with E-state index in [2.05, 4.69) is 46.7 Å². The predicted molar refractivity (Wildman–Crippen MR) is 96.3 cm³/mol. The minimum Gasteiger partial charge on any atom is -0.351 e. The maximum atomic E-state index is 12.2. The lowest BCUT2D eigenvalue weighted by atomic mass is 10.0. The molecule has 0 saturated carbocycles. The van der Waals surface area contributed by atoms with Crippen LogP contribution < -0.4 is 10.6 Å². The highest BCUT2D eigenvalue weighted by molar-refractivity contribution is 7.99. The first kappa shape index (κ1) is 16.8. The Morgan fingerprint density at radius 1 is 1.35 bits per heavy atom. The van der Waals surface area contributed by atoms with E-state index >= 15 is 0 Å². The van der Waals surface area contributed by atoms with Gasteiger partial charge in [0.2, 0.25) is 5.91 Å². The molecule has 1 aromatic rings. The van der Waals surface area contributed by atoms with Gasteiger partial charge in [0.15, 0.2) is 0 Å². The number of thioether (sulfide) groups is 1. The summed E-state index contributed by atoms with van der Waals surface area (Å²) < 4.78 is 0. The number of carbonyl (C=O) groups excluding carboxylic acids is 1. The van der Waals surface area contributed by atoms with Crippen molar-refractivity contribution in [2.75, 3.05) is 18.2 Å². The van der Waals surface area contributed by atoms with E-state index in [9.17, 15) is 4.79 Å². The first-order chi connectivity index (χ1) is 11.2. The third-order valence-electron chi connectivity index (χ3n) is 4.92. The fraction of sp³-hybridized carbons (Fsp3) is 0.611. The number of amides is 1. The number of rotatable bonds is 5. The van der Waals surface area contributed by atoms with E-state index in [0.717, 1.165) is 18.2 Å². The van der Waals surface area contributed by atoms with Crippen molar-refractivity contribution in [2.45, 2.75) is 51.4 Å². The van der Waals surface area contributed by atoms with Crippen LogP contribution in [0.1, 0.15) is 37.3 Å². The Bertz CT molecular complexity index is 531. The third kappa shape index (κ3) is 4.49. The average Bonchev–Trinajstić information content (AvgIpc) is 3.10. The number of hydrogen-bond acceptors (Lipinski definition) is 4. The van der Waals surface area contributed by atoms with Gasteiger partial charge in [-0.1, -0.05) is 30.7 Å². The van der Waals surface area contributed by atoms with Crippen LogP contribution >= 0.6 is 11.8 Å². The number of hydrogen-bond donors (Lipinski definition) is 2. The van der Waals surface area contributed by atoms with Gasteiger partial charge in [-0.05, 0) is 37.4 Å². The lowest BCUT2D eigenvalue weighted by molar-refractivity contribution is -0.122. The Labute approximate surface area is 143 Å². The van der Waals surface area contributed by atoms with Crippen LogP contribution in [0.5, 0.6) is 0 Å². The van der Waals surface area contributed by atoms with Gasteiger partial charge in [-0.25, -0.2) is 0 Å². The van der Waals surface area contributed by atoms with Gasteiger partial charge in [0.1, 0.15) is 0 Å². The summed E-state index contributed by atoms with van der Waals surface area (Å²) in [4.78, 5) is 14.7. The molecule has 0 bridgehead atoms. The summed E-state index contributed by atoms with van der Waals surface area (Å²) in [5.41, 5.74) is 2.58. The van der Waals surface area contributed by atoms with Crippen molar-refractivity contribution in [3.8, 4) is 0 Å². The normalized spacial score (nSPS) is 25.4. The maximum absolute atomic E-state index is 12.2. The van der Waals surface area contributed by atoms with Crippen molar-refractivity contribution in [1.82, 2.24) is 15.5 Å². The number of benzene rings is 1. The summed E-state index contributed by atoms with van der Waals surface area (Å²) in [6.45, 7) is 5.13. The second kappa shape index (κ2) is 8.18. The molecule has 1 amide bonds. The van der Waals surface area contributed by atoms with Crippen LogP contribution in [0.3, 0.4) is 0 Å². The molecule has 0 aliphatic carbocycles. The quantitative estimate of drug-likeness (QED) is 0.868. The van der Waals surface area contributed by atoms with Gasteiger partial charge in [0.05, 0.1) is 6.04 Å². The van der Waals surface area contributed by atoms with E-state index < -0.39 is 0 Å². The molecule has 2 N–H and O–H groups in total. The van der Waals surface area contributed by atoms with Crippen LogP contribution in [-0.4, -0.2) is 41.1 Å². The molecule has 2 saturated heterocycles. The summed E-state index contributed by atoms with van der Waals surface area (Å²) in [5.74, 6) is 1.87. The van der Waals surface area contributed by atoms with Gasteiger partial charge in [0.25, 0.3) is 0 Å². The van der Waals surface area contributed by atoms with Crippen molar-refractivity contribution < 1.29 is 4.79 Å². The van der Waals surface area contributed by atoms with Crippen LogP contribution in [0, 0.1) is 0 Å². The van der Waals surface area contributed by atoms with Gasteiger partial charge >= 0.3 is 0 Å². The third-order valence-corrected chi connectivity index (χ3v) is 5.86. The second-order valence-corrected chi connectivity index (χ2v) is 7.60. The highest BCUT2D eigenvalue weighted by atomic mass is 32.2. The molecule has 23 heavy (non-hydrogen) atoms. The zero-order valence-corrected chi connectivity index (χ0v) is 14.7. The largest absolute Gasteiger partial charge is 0.351 e. The molecule has 2 aliphatic heterocycles. The van der Waals surface area contributed by atoms with E-state index in [0.29, 0.717) is 12.6 Å². The highest BCUT2D eigenvalue weighted by Gasteiger charge is 2.23. The zero-order chi connectivity index (χ0) is 16.1. The van der Waals surface area contributed by atoms with Crippen molar-refractivity contribution in [2.24, 2.45) is 0 Å². The summed E-state index contributed by atoms with van der Waals surface area (Å²) in [7, 11) is 0. The molecule has 5 heteroatoms. The maximum Gasteiger partial charge on any atom is 0.238 e. The number of nitrogens with one attached hydrogen (secondary N) is 2. The molecular formula is C18H27N3OS. The number of likely N-dealkylation sites (tertiary alicyclic amines) is 1. The van der Waals surface area contributed by atoms with Gasteiger partial charge in [-0.15, -0.1) is 11.8 Å². The smallest absolute Gasteiger partial charge is 0.238 e. The lowest BCUT2D eigenvalue weighted by Crippen LogP contribution is -2.42. The van der Waals surface area contributed by atoms with Crippen LogP contribution in [0.25, 0.3) is 0 Å². The van der Waals surface area contributed by atoms with Crippen LogP contribution in [0.2, 0.25) is 0 Å². The Morgan fingerprint density at radius 3 is 2.91 bits per heavy atom. The summed E-state index contributed by atoms with van der Waals surface area (Å²) in [6, 6.07) is 9.13. The van der Waals surface area contributed by atoms with E-state index in [1.165, 1.54) is 36.9 Å². The Hall–Kier alpha value is -1.04. The monoisotopic (exact) mass is 333 g/mol. The Balaban J connectivity index is 1.59. The Morgan fingerprint density at radius 2 is 2.17 bits per heavy atom. The molecule has 2 heterocycles. The molecule has 2 aliphatic rings. The van der Waals surface area contributed by atoms with Crippen molar-refractivity contribution in [1.29, 1.82) is 0 Å². The molecule has 0 radical (unpaired) electrons. The highest BCUT2D eigenvalue weighted by Crippen LogP contribution is 2.21. The standard InChI is InChI=1S/C18H27N3OS/c1-14-6-4-5-9-21(14)11-16-8-3-2-7-15(16)10-19-18(22)17-12-23-13-20-17/h2-3,7-8,14,17,20H,4-6,9-13H2,1H3,(H,19,22)/t14-,17-/m1/s1. The topological polar surface area (TPSA) is 44.4 Å². The van der Waals surface area contributed by atoms with E-state index in [-0.39, 0.29) is 11.9 Å². The summed E-state index contributed by atoms with van der Waals surface area (Å²) >= 11 is 1.78. The predicted octanol–water partition coefficient (Wildman–Crippen LogP) is 2.34. The second-order valence-electron chi connectivity index (χ2n) is 6.57. The van der Waals surface area contributed by atoms with Gasteiger partial charge < -0.3 is 5.32 Å². The zero-order valence-electron chi connectivity index (χ0n) is 13.9. The van der Waals surface area contributed by atoms with E-state index in [1.54, 1.807) is 11.8 Å². The minimum absolute atomic E-state index is 0.0331. The van der Waals surface area contributed by atoms with Crippen molar-refractivity contribution >= 4 is 17.7 Å². The van der Waals surface area contributed by atoms with Gasteiger partial charge in [0, 0.05) is 30.8 Å². The van der Waals surface area contributed by atoms with Gasteiger partial charge in [-0.3, -0.25) is 15.0 Å². The van der Waals surface area contributed by atoms with Crippen molar-refractivity contribution in [3.63, 3.8) is 0 Å². The molecule has 0 unspecified atom stereocenters. The molecule has 1 aromatic carbocycles. The SMILES string of the molecule is C[C@@H]1CCCCN1Cc1ccccc1CNC(=O)[C@H]1CSCN1. The lowest BCUT2D eigenvalue weighted by Gasteiger charge is -2.33. The van der Waals surface area contributed by atoms with E-state index in [4.69, 9.17) is 0 Å². The first-order valence-corrected chi connectivity index (χ1v) is 9.79. The molecule has 4 nitrogen and oxygen atoms in total. The first-order valence-electron chi connectivity index (χ1n) is 8.63. The van der Waals surface area contributed by atoms with Crippen LogP contribution in [0.4, 0.5) is 0 Å². The summed E-state index contributed by atoms with van der Waals surface area (Å²) in [6.07, 6.45) is 3.94. The number of nitrogens with zero attached hydrogens (tertiary/aromatic N) is 1. The number of carbonyl (C=O) groups is 1. The molecule has 3 rings (SSSR count). The molecular weight excluding hydrogens is 306 g/mol. The fourth-order valence-electron chi connectivity index (χ4n) is 3.36. The van der Waals surface area contributed by atoms with E-state index in [1.807, 2.05) is 0 Å². The number of piperidine rings is 1. The molecule has 2 fully saturated rings. The van der Waals surface area contributed by atoms with Crippen LogP contribution in [0.15, 0.2) is 24.3 Å². The molecule has 0 aromatic heterocycles. The van der Waals surface area contributed by atoms with Gasteiger partial charge in [-0.2, -0.15) is 0 Å². The molecule has 0 spiro atoms. The Kier molecular flexibility index (Phi) is 5.97.